The van der Waals surface area contributed by atoms with Crippen molar-refractivity contribution in [3.05, 3.63) is 59.7 Å². The molecule has 8 nitrogen and oxygen atoms in total. The Labute approximate surface area is 206 Å². The Balaban J connectivity index is 1.74. The molecule has 0 aromatic heterocycles. The molecule has 1 aliphatic rings. The van der Waals surface area contributed by atoms with Crippen LogP contribution in [0.5, 0.6) is 0 Å². The average molecular weight is 483 g/mol. The zero-order valence-electron chi connectivity index (χ0n) is 20.9. The number of carbonyl (C=O) groups excluding carboxylic acids is 2. The number of benzene rings is 2. The molecule has 188 valence electrons. The van der Waals surface area contributed by atoms with Gasteiger partial charge in [-0.05, 0) is 49.9 Å². The summed E-state index contributed by atoms with van der Waals surface area (Å²) in [6.45, 7) is 7.24. The number of alkyl carbamates (subject to hydrolysis) is 1. The summed E-state index contributed by atoms with van der Waals surface area (Å²) in [7, 11) is 1.45. The number of rotatable bonds is 9. The van der Waals surface area contributed by atoms with Crippen molar-refractivity contribution in [3.63, 3.8) is 0 Å². The maximum absolute atomic E-state index is 13.4. The van der Waals surface area contributed by atoms with Crippen LogP contribution in [-0.2, 0) is 19.1 Å². The Morgan fingerprint density at radius 3 is 2.06 bits per heavy atom. The number of nitrogens with zero attached hydrogens (tertiary/aromatic N) is 1. The molecule has 2 aromatic rings. The molecule has 2 atom stereocenters. The molecule has 2 unspecified atom stereocenters. The maximum atomic E-state index is 13.4. The number of carbonyl (C=O) groups is 3. The Bertz CT molecular complexity index is 1030. The van der Waals surface area contributed by atoms with E-state index in [9.17, 15) is 14.4 Å². The third kappa shape index (κ3) is 6.00. The quantitative estimate of drug-likeness (QED) is 0.559. The van der Waals surface area contributed by atoms with Crippen LogP contribution in [-0.4, -0.2) is 65.9 Å². The van der Waals surface area contributed by atoms with Gasteiger partial charge in [0.2, 0.25) is 5.91 Å². The number of ether oxygens (including phenoxy) is 2. The lowest BCUT2D eigenvalue weighted by molar-refractivity contribution is -0.143. The van der Waals surface area contributed by atoms with Gasteiger partial charge in [0.25, 0.3) is 0 Å². The van der Waals surface area contributed by atoms with Gasteiger partial charge in [-0.1, -0.05) is 48.5 Å². The maximum Gasteiger partial charge on any atom is 0.407 e. The Hall–Kier alpha value is -3.39. The van der Waals surface area contributed by atoms with E-state index in [0.29, 0.717) is 0 Å². The predicted octanol–water partition coefficient (Wildman–Crippen LogP) is 4.03. The Morgan fingerprint density at radius 1 is 1.03 bits per heavy atom. The van der Waals surface area contributed by atoms with Gasteiger partial charge in [0.05, 0.1) is 12.5 Å². The summed E-state index contributed by atoms with van der Waals surface area (Å²) >= 11 is 0. The van der Waals surface area contributed by atoms with E-state index in [0.717, 1.165) is 22.3 Å². The van der Waals surface area contributed by atoms with Crippen molar-refractivity contribution in [1.29, 1.82) is 0 Å². The molecule has 1 aliphatic carbocycles. The number of amides is 2. The van der Waals surface area contributed by atoms with Gasteiger partial charge >= 0.3 is 12.1 Å². The number of methoxy groups -OCH3 is 1. The molecule has 3 rings (SSSR count). The van der Waals surface area contributed by atoms with Crippen molar-refractivity contribution in [2.45, 2.75) is 57.7 Å². The van der Waals surface area contributed by atoms with Crippen LogP contribution >= 0.6 is 0 Å². The molecule has 0 spiro atoms. The molecule has 0 heterocycles. The fraction of sp³-hybridized carbons (Fsp3) is 0.444. The summed E-state index contributed by atoms with van der Waals surface area (Å²) in [5.74, 6) is -1.54. The van der Waals surface area contributed by atoms with Crippen molar-refractivity contribution in [3.8, 4) is 11.1 Å². The van der Waals surface area contributed by atoms with Crippen molar-refractivity contribution >= 4 is 18.0 Å². The van der Waals surface area contributed by atoms with Crippen LogP contribution in [0.2, 0.25) is 0 Å². The number of nitrogens with one attached hydrogen (secondary N) is 1. The zero-order valence-corrected chi connectivity index (χ0v) is 20.9. The van der Waals surface area contributed by atoms with E-state index in [4.69, 9.17) is 14.6 Å². The number of carboxylic acids is 1. The second-order valence-electron chi connectivity index (χ2n) is 9.69. The fourth-order valence-corrected chi connectivity index (χ4v) is 4.43. The molecular weight excluding hydrogens is 448 g/mol. The largest absolute Gasteiger partial charge is 0.481 e. The first kappa shape index (κ1) is 26.2. The van der Waals surface area contributed by atoms with Gasteiger partial charge < -0.3 is 24.8 Å². The molecule has 0 saturated carbocycles. The topological polar surface area (TPSA) is 105 Å². The third-order valence-electron chi connectivity index (χ3n) is 6.35. The smallest absolute Gasteiger partial charge is 0.407 e. The van der Waals surface area contributed by atoms with Crippen LogP contribution in [0.15, 0.2) is 48.5 Å². The molecule has 0 radical (unpaired) electrons. The molecule has 8 heteroatoms. The monoisotopic (exact) mass is 482 g/mol. The second kappa shape index (κ2) is 10.9. The fourth-order valence-electron chi connectivity index (χ4n) is 4.43. The second-order valence-corrected chi connectivity index (χ2v) is 9.69. The van der Waals surface area contributed by atoms with Gasteiger partial charge in [0.1, 0.15) is 12.6 Å². The first-order valence-electron chi connectivity index (χ1n) is 11.7. The SMILES string of the molecule is COC(C)C(NC(=O)OCC1c2ccccc2-c2ccccc21)C(=O)N(CCC(=O)O)C(C)(C)C. The first-order chi connectivity index (χ1) is 16.5. The Kier molecular flexibility index (Phi) is 8.17. The molecule has 0 fully saturated rings. The number of aliphatic carboxylic acids is 1. The average Bonchev–Trinajstić information content (AvgIpc) is 3.13. The lowest BCUT2D eigenvalue weighted by Gasteiger charge is -2.39. The summed E-state index contributed by atoms with van der Waals surface area (Å²) in [4.78, 5) is 38.8. The standard InChI is InChI=1S/C27H34N2O6/c1-17(34-5)24(25(32)29(27(2,3)4)15-14-23(30)31)28-26(33)35-16-22-20-12-8-6-10-18(20)19-11-7-9-13-21(19)22/h6-13,17,22,24H,14-16H2,1-5H3,(H,28,33)(H,30,31). The minimum atomic E-state index is -1.04. The third-order valence-corrected chi connectivity index (χ3v) is 6.35. The lowest BCUT2D eigenvalue weighted by Crippen LogP contribution is -2.58. The minimum Gasteiger partial charge on any atom is -0.481 e. The van der Waals surface area contributed by atoms with Crippen LogP contribution in [0.25, 0.3) is 11.1 Å². The van der Waals surface area contributed by atoms with Gasteiger partial charge in [-0.2, -0.15) is 0 Å². The molecule has 2 amide bonds. The number of fused-ring (bicyclic) bond motifs is 3. The number of hydrogen-bond donors (Lipinski definition) is 2. The number of hydrogen-bond acceptors (Lipinski definition) is 5. The summed E-state index contributed by atoms with van der Waals surface area (Å²) in [6, 6.07) is 15.0. The highest BCUT2D eigenvalue weighted by Gasteiger charge is 2.37. The minimum absolute atomic E-state index is 0.0109. The predicted molar refractivity (Wildman–Crippen MR) is 132 cm³/mol. The molecular formula is C27H34N2O6. The van der Waals surface area contributed by atoms with Gasteiger partial charge in [-0.15, -0.1) is 0 Å². The summed E-state index contributed by atoms with van der Waals surface area (Å²) in [5, 5.41) is 11.8. The van der Waals surface area contributed by atoms with Crippen molar-refractivity contribution in [2.75, 3.05) is 20.3 Å². The molecule has 35 heavy (non-hydrogen) atoms. The van der Waals surface area contributed by atoms with Crippen molar-refractivity contribution in [2.24, 2.45) is 0 Å². The van der Waals surface area contributed by atoms with Gasteiger partial charge in [0.15, 0.2) is 0 Å². The normalized spacial score (nSPS) is 14.4. The van der Waals surface area contributed by atoms with E-state index < -0.39 is 35.7 Å². The molecule has 0 bridgehead atoms. The van der Waals surface area contributed by atoms with E-state index in [1.54, 1.807) is 6.92 Å². The van der Waals surface area contributed by atoms with Gasteiger partial charge in [-0.3, -0.25) is 9.59 Å². The lowest BCUT2D eigenvalue weighted by atomic mass is 9.98. The van der Waals surface area contributed by atoms with Crippen LogP contribution < -0.4 is 5.32 Å². The summed E-state index contributed by atoms with van der Waals surface area (Å²) in [5.41, 5.74) is 3.77. The molecule has 2 aromatic carbocycles. The molecule has 2 N–H and O–H groups in total. The zero-order chi connectivity index (χ0) is 25.8. The first-order valence-corrected chi connectivity index (χ1v) is 11.7. The van der Waals surface area contributed by atoms with Crippen LogP contribution in [0.3, 0.4) is 0 Å². The number of carboxylic acid groups (broad SMARTS) is 1. The van der Waals surface area contributed by atoms with Crippen molar-refractivity contribution < 1.29 is 29.0 Å². The van der Waals surface area contributed by atoms with E-state index in [1.165, 1.54) is 12.0 Å². The summed E-state index contributed by atoms with van der Waals surface area (Å²) in [6.07, 6.45) is -1.60. The summed E-state index contributed by atoms with van der Waals surface area (Å²) < 4.78 is 11.0. The van der Waals surface area contributed by atoms with Gasteiger partial charge in [-0.25, -0.2) is 4.79 Å². The van der Waals surface area contributed by atoms with Crippen LogP contribution in [0, 0.1) is 0 Å². The van der Waals surface area contributed by atoms with Crippen LogP contribution in [0.4, 0.5) is 4.79 Å². The van der Waals surface area contributed by atoms with E-state index in [2.05, 4.69) is 17.4 Å². The highest BCUT2D eigenvalue weighted by Crippen LogP contribution is 2.44. The van der Waals surface area contributed by atoms with Gasteiger partial charge in [0, 0.05) is 25.1 Å². The van der Waals surface area contributed by atoms with E-state index >= 15 is 0 Å². The van der Waals surface area contributed by atoms with Crippen molar-refractivity contribution in [1.82, 2.24) is 10.2 Å². The highest BCUT2D eigenvalue weighted by molar-refractivity contribution is 5.87. The molecule has 0 saturated heterocycles. The molecule has 0 aliphatic heterocycles. The highest BCUT2D eigenvalue weighted by atomic mass is 16.5. The van der Waals surface area contributed by atoms with E-state index in [-0.39, 0.29) is 25.5 Å². The van der Waals surface area contributed by atoms with Crippen LogP contribution in [0.1, 0.15) is 51.2 Å². The van der Waals surface area contributed by atoms with E-state index in [1.807, 2.05) is 57.2 Å². The Morgan fingerprint density at radius 2 is 1.57 bits per heavy atom.